The minimum absolute atomic E-state index is 0.276. The predicted octanol–water partition coefficient (Wildman–Crippen LogP) is 2.40. The quantitative estimate of drug-likeness (QED) is 0.679. The number of pyridine rings is 1. The van der Waals surface area contributed by atoms with Crippen LogP contribution in [0.4, 0.5) is 5.13 Å². The van der Waals surface area contributed by atoms with Gasteiger partial charge in [-0.3, -0.25) is 14.6 Å². The van der Waals surface area contributed by atoms with E-state index in [1.165, 1.54) is 11.3 Å². The molecule has 22 heavy (non-hydrogen) atoms. The van der Waals surface area contributed by atoms with Gasteiger partial charge in [-0.05, 0) is 24.3 Å². The largest absolute Gasteiger partial charge is 0.268 e. The Hall–Kier alpha value is -2.93. The molecule has 0 saturated heterocycles. The summed E-state index contributed by atoms with van der Waals surface area (Å²) in [4.78, 5) is 29.8. The molecule has 1 aliphatic heterocycles. The number of anilines is 1. The van der Waals surface area contributed by atoms with Crippen LogP contribution in [0.3, 0.4) is 0 Å². The molecule has 0 atom stereocenters. The predicted molar refractivity (Wildman–Crippen MR) is 80.7 cm³/mol. The van der Waals surface area contributed by atoms with Gasteiger partial charge in [-0.25, -0.2) is 4.90 Å². The molecule has 0 unspecified atom stereocenters. The highest BCUT2D eigenvalue weighted by atomic mass is 32.1. The maximum atomic E-state index is 12.4. The molecule has 1 aromatic carbocycles. The van der Waals surface area contributed by atoms with Gasteiger partial charge in [0.25, 0.3) is 11.8 Å². The molecule has 0 fully saturated rings. The molecule has 0 saturated carbocycles. The lowest BCUT2D eigenvalue weighted by Crippen LogP contribution is -2.29. The van der Waals surface area contributed by atoms with Crippen LogP contribution in [0.5, 0.6) is 0 Å². The molecule has 6 nitrogen and oxygen atoms in total. The van der Waals surface area contributed by atoms with Crippen molar-refractivity contribution in [2.45, 2.75) is 0 Å². The topological polar surface area (TPSA) is 76.1 Å². The smallest absolute Gasteiger partial charge is 0.268 e. The van der Waals surface area contributed by atoms with Crippen LogP contribution in [-0.4, -0.2) is 27.0 Å². The Balaban J connectivity index is 1.74. The second kappa shape index (κ2) is 4.81. The van der Waals surface area contributed by atoms with E-state index >= 15 is 0 Å². The number of amides is 2. The number of benzene rings is 1. The molecule has 106 valence electrons. The molecule has 3 aromatic rings. The Kier molecular flexibility index (Phi) is 2.80. The Labute approximate surface area is 129 Å². The van der Waals surface area contributed by atoms with E-state index in [0.717, 1.165) is 10.5 Å². The third-order valence-electron chi connectivity index (χ3n) is 3.33. The summed E-state index contributed by atoms with van der Waals surface area (Å²) < 4.78 is 0. The average molecular weight is 308 g/mol. The molecule has 2 amide bonds. The summed E-state index contributed by atoms with van der Waals surface area (Å²) >= 11 is 1.20. The lowest BCUT2D eigenvalue weighted by Gasteiger charge is -2.07. The summed E-state index contributed by atoms with van der Waals surface area (Å²) in [6, 6.07) is 10.3. The van der Waals surface area contributed by atoms with Crippen LogP contribution >= 0.6 is 11.3 Å². The highest BCUT2D eigenvalue weighted by Gasteiger charge is 2.38. The van der Waals surface area contributed by atoms with Gasteiger partial charge in [0.15, 0.2) is 0 Å². The number of hydrogen-bond donors (Lipinski definition) is 0. The Morgan fingerprint density at radius 1 is 0.864 bits per heavy atom. The zero-order valence-corrected chi connectivity index (χ0v) is 11.9. The van der Waals surface area contributed by atoms with Crippen LogP contribution in [-0.2, 0) is 0 Å². The number of carbonyl (C=O) groups is 2. The second-order valence-electron chi connectivity index (χ2n) is 4.62. The van der Waals surface area contributed by atoms with E-state index in [2.05, 4.69) is 15.2 Å². The molecule has 0 radical (unpaired) electrons. The van der Waals surface area contributed by atoms with E-state index < -0.39 is 0 Å². The third-order valence-corrected chi connectivity index (χ3v) is 4.28. The third kappa shape index (κ3) is 1.83. The fourth-order valence-electron chi connectivity index (χ4n) is 2.28. The molecule has 7 heteroatoms. The number of fused-ring (bicyclic) bond motifs is 1. The van der Waals surface area contributed by atoms with Crippen LogP contribution in [0, 0.1) is 0 Å². The van der Waals surface area contributed by atoms with E-state index in [0.29, 0.717) is 16.1 Å². The fraction of sp³-hybridized carbons (Fsp3) is 0. The van der Waals surface area contributed by atoms with Gasteiger partial charge in [0.1, 0.15) is 5.01 Å². The van der Waals surface area contributed by atoms with E-state index in [1.807, 2.05) is 0 Å². The first-order chi connectivity index (χ1) is 10.8. The van der Waals surface area contributed by atoms with Gasteiger partial charge in [-0.15, -0.1) is 10.2 Å². The second-order valence-corrected chi connectivity index (χ2v) is 5.57. The lowest BCUT2D eigenvalue weighted by atomic mass is 10.1. The number of nitrogens with zero attached hydrogens (tertiary/aromatic N) is 4. The summed E-state index contributed by atoms with van der Waals surface area (Å²) in [7, 11) is 0. The standard InChI is InChI=1S/C15H8N4O2S/c20-13-10-3-1-2-4-11(10)14(21)19(13)15-18-17-12(22-15)9-5-7-16-8-6-9/h1-8H. The zero-order valence-electron chi connectivity index (χ0n) is 11.1. The van der Waals surface area contributed by atoms with Crippen LogP contribution in [0.25, 0.3) is 10.6 Å². The first-order valence-corrected chi connectivity index (χ1v) is 7.29. The highest BCUT2D eigenvalue weighted by molar-refractivity contribution is 7.18. The Bertz CT molecular complexity index is 856. The lowest BCUT2D eigenvalue weighted by molar-refractivity contribution is 0.0926. The molecule has 0 aliphatic carbocycles. The summed E-state index contributed by atoms with van der Waals surface area (Å²) in [5, 5.41) is 8.96. The van der Waals surface area contributed by atoms with Gasteiger partial charge in [-0.2, -0.15) is 0 Å². The average Bonchev–Trinajstić information content (AvgIpc) is 3.13. The van der Waals surface area contributed by atoms with Crippen LogP contribution < -0.4 is 4.90 Å². The fourth-order valence-corrected chi connectivity index (χ4v) is 3.13. The minimum atomic E-state index is -0.363. The summed E-state index contributed by atoms with van der Waals surface area (Å²) in [6.07, 6.45) is 3.30. The van der Waals surface area contributed by atoms with Crippen molar-refractivity contribution in [2.75, 3.05) is 4.90 Å². The van der Waals surface area contributed by atoms with E-state index in [-0.39, 0.29) is 16.9 Å². The van der Waals surface area contributed by atoms with Crippen molar-refractivity contribution in [1.82, 2.24) is 15.2 Å². The normalized spacial score (nSPS) is 13.5. The van der Waals surface area contributed by atoms with Gasteiger partial charge in [0.05, 0.1) is 11.1 Å². The van der Waals surface area contributed by atoms with Gasteiger partial charge < -0.3 is 0 Å². The maximum absolute atomic E-state index is 12.4. The van der Waals surface area contributed by atoms with E-state index in [9.17, 15) is 9.59 Å². The molecule has 0 spiro atoms. The van der Waals surface area contributed by atoms with Gasteiger partial charge in [-0.1, -0.05) is 23.5 Å². The molecule has 4 rings (SSSR count). The first-order valence-electron chi connectivity index (χ1n) is 6.47. The van der Waals surface area contributed by atoms with Crippen LogP contribution in [0.1, 0.15) is 20.7 Å². The van der Waals surface area contributed by atoms with Crippen molar-refractivity contribution in [2.24, 2.45) is 0 Å². The monoisotopic (exact) mass is 308 g/mol. The molecule has 1 aliphatic rings. The molecular weight excluding hydrogens is 300 g/mol. The van der Waals surface area contributed by atoms with Crippen LogP contribution in [0.15, 0.2) is 48.8 Å². The number of carbonyl (C=O) groups excluding carboxylic acids is 2. The van der Waals surface area contributed by atoms with Crippen molar-refractivity contribution < 1.29 is 9.59 Å². The van der Waals surface area contributed by atoms with Gasteiger partial charge in [0.2, 0.25) is 5.13 Å². The van der Waals surface area contributed by atoms with Crippen LogP contribution in [0.2, 0.25) is 0 Å². The molecule has 0 bridgehead atoms. The van der Waals surface area contributed by atoms with Crippen molar-refractivity contribution in [1.29, 1.82) is 0 Å². The first kappa shape index (κ1) is 12.8. The number of imide groups is 1. The summed E-state index contributed by atoms with van der Waals surface area (Å²) in [5.74, 6) is -0.726. The zero-order chi connectivity index (χ0) is 15.1. The van der Waals surface area contributed by atoms with E-state index in [4.69, 9.17) is 0 Å². The molecule has 2 aromatic heterocycles. The number of aromatic nitrogens is 3. The van der Waals surface area contributed by atoms with E-state index in [1.54, 1.807) is 48.8 Å². The number of hydrogen-bond acceptors (Lipinski definition) is 6. The van der Waals surface area contributed by atoms with Crippen molar-refractivity contribution in [3.63, 3.8) is 0 Å². The summed E-state index contributed by atoms with van der Waals surface area (Å²) in [6.45, 7) is 0. The maximum Gasteiger partial charge on any atom is 0.268 e. The molecular formula is C15H8N4O2S. The molecule has 0 N–H and O–H groups in total. The Morgan fingerprint density at radius 3 is 2.14 bits per heavy atom. The number of rotatable bonds is 2. The molecule has 3 heterocycles. The Morgan fingerprint density at radius 2 is 1.50 bits per heavy atom. The minimum Gasteiger partial charge on any atom is -0.268 e. The van der Waals surface area contributed by atoms with Gasteiger partial charge >= 0.3 is 0 Å². The van der Waals surface area contributed by atoms with Crippen molar-refractivity contribution >= 4 is 28.3 Å². The van der Waals surface area contributed by atoms with Crippen molar-refractivity contribution in [3.05, 3.63) is 59.9 Å². The van der Waals surface area contributed by atoms with Gasteiger partial charge in [0, 0.05) is 18.0 Å². The summed E-state index contributed by atoms with van der Waals surface area (Å²) in [5.41, 5.74) is 1.64. The highest BCUT2D eigenvalue weighted by Crippen LogP contribution is 2.33. The SMILES string of the molecule is O=C1c2ccccc2C(=O)N1c1nnc(-c2ccncc2)s1. The van der Waals surface area contributed by atoms with Crippen molar-refractivity contribution in [3.8, 4) is 10.6 Å².